The molecule has 6 nitrogen and oxygen atoms in total. The summed E-state index contributed by atoms with van der Waals surface area (Å²) in [4.78, 5) is 31.7. The van der Waals surface area contributed by atoms with Crippen LogP contribution in [0.2, 0.25) is 10.0 Å². The number of aliphatic hydroxyl groups is 1. The third-order valence-electron chi connectivity index (χ3n) is 6.27. The fourth-order valence-corrected chi connectivity index (χ4v) is 5.04. The molecule has 1 amide bonds. The van der Waals surface area contributed by atoms with Crippen LogP contribution in [0, 0.1) is 6.92 Å². The van der Waals surface area contributed by atoms with Gasteiger partial charge in [-0.3, -0.25) is 14.5 Å². The van der Waals surface area contributed by atoms with Gasteiger partial charge < -0.3 is 14.8 Å². The third-order valence-corrected chi connectivity index (χ3v) is 6.85. The highest BCUT2D eigenvalue weighted by molar-refractivity contribution is 6.52. The standard InChI is InChI=1S/C28H22Cl2N2O4/c1-3-36-18-12-13-21(30)20(14-18)26(33)24-25(23-15(2)31-22-7-5-4-6-19(22)23)32(28(35)27(24)34)17-10-8-16(29)9-11-17/h4-14,25,31,33H,3H2,1-2H3/b26-24+. The topological polar surface area (TPSA) is 82.6 Å². The third kappa shape index (κ3) is 3.92. The molecule has 0 spiro atoms. The minimum absolute atomic E-state index is 0.0571. The van der Waals surface area contributed by atoms with Gasteiger partial charge in [-0.15, -0.1) is 0 Å². The number of fused-ring (bicyclic) bond motifs is 1. The van der Waals surface area contributed by atoms with Crippen molar-refractivity contribution in [1.29, 1.82) is 0 Å². The maximum absolute atomic E-state index is 13.5. The molecule has 1 aromatic heterocycles. The number of Topliss-reactive ketones (excluding diaryl/α,β-unsaturated/α-hetero) is 1. The summed E-state index contributed by atoms with van der Waals surface area (Å²) in [5.74, 6) is -1.46. The first kappa shape index (κ1) is 24.0. The molecule has 0 saturated carbocycles. The van der Waals surface area contributed by atoms with E-state index in [4.69, 9.17) is 27.9 Å². The largest absolute Gasteiger partial charge is 0.507 e. The highest BCUT2D eigenvalue weighted by atomic mass is 35.5. The number of aliphatic hydroxyl groups excluding tert-OH is 1. The second kappa shape index (κ2) is 9.37. The summed E-state index contributed by atoms with van der Waals surface area (Å²) in [5.41, 5.74) is 2.95. The van der Waals surface area contributed by atoms with E-state index in [2.05, 4.69) is 4.98 Å². The van der Waals surface area contributed by atoms with Crippen molar-refractivity contribution in [3.8, 4) is 5.75 Å². The molecule has 8 heteroatoms. The van der Waals surface area contributed by atoms with Gasteiger partial charge in [-0.05, 0) is 62.4 Å². The van der Waals surface area contributed by atoms with Gasteiger partial charge in [0.2, 0.25) is 0 Å². The van der Waals surface area contributed by atoms with Gasteiger partial charge in [0.15, 0.2) is 0 Å². The molecule has 0 aliphatic carbocycles. The van der Waals surface area contributed by atoms with Crippen molar-refractivity contribution in [1.82, 2.24) is 4.98 Å². The van der Waals surface area contributed by atoms with Crippen molar-refractivity contribution >= 4 is 57.2 Å². The van der Waals surface area contributed by atoms with Crippen molar-refractivity contribution in [2.24, 2.45) is 0 Å². The van der Waals surface area contributed by atoms with E-state index < -0.39 is 17.7 Å². The van der Waals surface area contributed by atoms with Gasteiger partial charge in [0.25, 0.3) is 11.7 Å². The molecule has 1 saturated heterocycles. The molecule has 0 radical (unpaired) electrons. The predicted molar refractivity (Wildman–Crippen MR) is 142 cm³/mol. The smallest absolute Gasteiger partial charge is 0.300 e. The van der Waals surface area contributed by atoms with Crippen LogP contribution in [-0.4, -0.2) is 28.4 Å². The molecule has 1 aliphatic rings. The predicted octanol–water partition coefficient (Wildman–Crippen LogP) is 6.81. The number of amides is 1. The molecule has 5 rings (SSSR count). The van der Waals surface area contributed by atoms with E-state index in [1.165, 1.54) is 4.90 Å². The highest BCUT2D eigenvalue weighted by Gasteiger charge is 2.48. The quantitative estimate of drug-likeness (QED) is 0.172. The fraction of sp³-hybridized carbons (Fsp3) is 0.143. The van der Waals surface area contributed by atoms with E-state index in [0.717, 1.165) is 16.6 Å². The number of rotatable bonds is 5. The molecule has 0 bridgehead atoms. The lowest BCUT2D eigenvalue weighted by molar-refractivity contribution is -0.132. The Bertz CT molecular complexity index is 1540. The second-order valence-corrected chi connectivity index (χ2v) is 9.27. The Morgan fingerprint density at radius 2 is 1.78 bits per heavy atom. The number of hydrogen-bond donors (Lipinski definition) is 2. The average Bonchev–Trinajstić information content (AvgIpc) is 3.33. The van der Waals surface area contributed by atoms with Crippen LogP contribution in [0.3, 0.4) is 0 Å². The molecular weight excluding hydrogens is 499 g/mol. The summed E-state index contributed by atoms with van der Waals surface area (Å²) in [5, 5.41) is 13.1. The molecule has 1 fully saturated rings. The number of aryl methyl sites for hydroxylation is 1. The van der Waals surface area contributed by atoms with Crippen molar-refractivity contribution in [3.63, 3.8) is 0 Å². The number of aromatic amines is 1. The number of nitrogens with zero attached hydrogens (tertiary/aromatic N) is 1. The van der Waals surface area contributed by atoms with Crippen LogP contribution in [0.25, 0.3) is 16.7 Å². The fourth-order valence-electron chi connectivity index (χ4n) is 4.71. The maximum Gasteiger partial charge on any atom is 0.300 e. The number of nitrogens with one attached hydrogen (secondary N) is 1. The number of halogens is 2. The SMILES string of the molecule is CCOc1ccc(Cl)c(/C(O)=C2\C(=O)C(=O)N(c3ccc(Cl)cc3)C2c2c(C)[nH]c3ccccc23)c1. The summed E-state index contributed by atoms with van der Waals surface area (Å²) >= 11 is 12.5. The number of anilines is 1. The van der Waals surface area contributed by atoms with E-state index in [0.29, 0.717) is 28.6 Å². The van der Waals surface area contributed by atoms with Crippen LogP contribution in [0.5, 0.6) is 5.75 Å². The van der Waals surface area contributed by atoms with Gasteiger partial charge >= 0.3 is 0 Å². The number of aromatic nitrogens is 1. The minimum Gasteiger partial charge on any atom is -0.507 e. The monoisotopic (exact) mass is 520 g/mol. The van der Waals surface area contributed by atoms with E-state index in [-0.39, 0.29) is 21.9 Å². The number of hydrogen-bond acceptors (Lipinski definition) is 4. The van der Waals surface area contributed by atoms with Gasteiger partial charge in [0, 0.05) is 38.4 Å². The first-order valence-electron chi connectivity index (χ1n) is 11.4. The molecule has 3 aromatic carbocycles. The van der Waals surface area contributed by atoms with Crippen LogP contribution in [0.15, 0.2) is 72.3 Å². The average molecular weight is 521 g/mol. The van der Waals surface area contributed by atoms with Crippen molar-refractivity contribution in [2.75, 3.05) is 11.5 Å². The number of ketones is 1. The van der Waals surface area contributed by atoms with E-state index >= 15 is 0 Å². The molecule has 2 heterocycles. The number of benzene rings is 3. The lowest BCUT2D eigenvalue weighted by Crippen LogP contribution is -2.29. The Morgan fingerprint density at radius 3 is 2.50 bits per heavy atom. The second-order valence-electron chi connectivity index (χ2n) is 8.43. The summed E-state index contributed by atoms with van der Waals surface area (Å²) in [6.45, 7) is 4.13. The summed E-state index contributed by atoms with van der Waals surface area (Å²) in [6.07, 6.45) is 0. The molecule has 1 unspecified atom stereocenters. The van der Waals surface area contributed by atoms with Crippen LogP contribution >= 0.6 is 23.2 Å². The first-order valence-corrected chi connectivity index (χ1v) is 12.1. The minimum atomic E-state index is -0.908. The number of carbonyl (C=O) groups is 2. The number of carbonyl (C=O) groups excluding carboxylic acids is 2. The van der Waals surface area contributed by atoms with Crippen molar-refractivity contribution < 1.29 is 19.4 Å². The molecule has 36 heavy (non-hydrogen) atoms. The lowest BCUT2D eigenvalue weighted by Gasteiger charge is -2.26. The summed E-state index contributed by atoms with van der Waals surface area (Å²) < 4.78 is 5.57. The Kier molecular flexibility index (Phi) is 6.24. The van der Waals surface area contributed by atoms with E-state index in [1.807, 2.05) is 38.1 Å². The number of para-hydroxylation sites is 1. The maximum atomic E-state index is 13.5. The highest BCUT2D eigenvalue weighted by Crippen LogP contribution is 2.46. The Labute approximate surface area is 217 Å². The van der Waals surface area contributed by atoms with Crippen molar-refractivity contribution in [2.45, 2.75) is 19.9 Å². The van der Waals surface area contributed by atoms with Crippen LogP contribution < -0.4 is 9.64 Å². The van der Waals surface area contributed by atoms with Crippen LogP contribution in [0.1, 0.15) is 29.8 Å². The zero-order chi connectivity index (χ0) is 25.6. The summed E-state index contributed by atoms with van der Waals surface area (Å²) in [7, 11) is 0. The Balaban J connectivity index is 1.81. The van der Waals surface area contributed by atoms with Gasteiger partial charge in [0.1, 0.15) is 11.5 Å². The number of ether oxygens (including phenoxy) is 1. The first-order chi connectivity index (χ1) is 17.3. The Morgan fingerprint density at radius 1 is 1.06 bits per heavy atom. The normalized spacial score (nSPS) is 17.2. The van der Waals surface area contributed by atoms with E-state index in [1.54, 1.807) is 42.5 Å². The molecule has 1 atom stereocenters. The van der Waals surface area contributed by atoms with Crippen molar-refractivity contribution in [3.05, 3.63) is 99.2 Å². The zero-order valence-corrected chi connectivity index (χ0v) is 21.0. The zero-order valence-electron chi connectivity index (χ0n) is 19.5. The Hall–Kier alpha value is -3.74. The van der Waals surface area contributed by atoms with Gasteiger partial charge in [-0.2, -0.15) is 0 Å². The molecule has 2 N–H and O–H groups in total. The van der Waals surface area contributed by atoms with Gasteiger partial charge in [-0.1, -0.05) is 41.4 Å². The van der Waals surface area contributed by atoms with Crippen LogP contribution in [0.4, 0.5) is 5.69 Å². The molecule has 4 aromatic rings. The van der Waals surface area contributed by atoms with Gasteiger partial charge in [0.05, 0.1) is 23.2 Å². The molecule has 1 aliphatic heterocycles. The lowest BCUT2D eigenvalue weighted by atomic mass is 9.93. The summed E-state index contributed by atoms with van der Waals surface area (Å²) in [6, 6.07) is 18.2. The van der Waals surface area contributed by atoms with Crippen LogP contribution in [-0.2, 0) is 9.59 Å². The molecular formula is C28H22Cl2N2O4. The number of H-pyrrole nitrogens is 1. The van der Waals surface area contributed by atoms with Gasteiger partial charge in [-0.25, -0.2) is 0 Å². The molecule has 182 valence electrons. The van der Waals surface area contributed by atoms with E-state index in [9.17, 15) is 14.7 Å².